The molecule has 4 aromatic rings. The Morgan fingerprint density at radius 1 is 1.03 bits per heavy atom. The normalized spacial score (nSPS) is 17.0. The lowest BCUT2D eigenvalue weighted by atomic mass is 9.94. The van der Waals surface area contributed by atoms with Crippen LogP contribution in [0.5, 0.6) is 0 Å². The predicted octanol–water partition coefficient (Wildman–Crippen LogP) is 4.70. The van der Waals surface area contributed by atoms with Gasteiger partial charge in [-0.3, -0.25) is 10.1 Å². The molecule has 1 saturated heterocycles. The maximum Gasteiger partial charge on any atom is 0.157 e. The van der Waals surface area contributed by atoms with Gasteiger partial charge in [-0.05, 0) is 62.6 Å². The minimum atomic E-state index is 0.472. The molecule has 1 aliphatic heterocycles. The van der Waals surface area contributed by atoms with E-state index in [1.54, 1.807) is 0 Å². The van der Waals surface area contributed by atoms with E-state index < -0.39 is 0 Å². The Hall–Kier alpha value is -3.25. The number of anilines is 1. The van der Waals surface area contributed by atoms with Crippen LogP contribution in [0.25, 0.3) is 11.0 Å². The molecule has 0 radical (unpaired) electrons. The fourth-order valence-electron chi connectivity index (χ4n) is 4.59. The van der Waals surface area contributed by atoms with E-state index in [4.69, 9.17) is 4.98 Å². The number of piperidine rings is 1. The third-order valence-corrected chi connectivity index (χ3v) is 6.31. The van der Waals surface area contributed by atoms with Gasteiger partial charge in [0, 0.05) is 30.4 Å². The first-order valence-electron chi connectivity index (χ1n) is 11.5. The Morgan fingerprint density at radius 3 is 2.81 bits per heavy atom. The van der Waals surface area contributed by atoms with Gasteiger partial charge in [-0.15, -0.1) is 0 Å². The number of pyridine rings is 2. The maximum absolute atomic E-state index is 4.94. The van der Waals surface area contributed by atoms with Gasteiger partial charge in [-0.2, -0.15) is 5.10 Å². The summed E-state index contributed by atoms with van der Waals surface area (Å²) in [6.45, 7) is 6.00. The number of benzene rings is 1. The molecule has 1 fully saturated rings. The van der Waals surface area contributed by atoms with Crippen molar-refractivity contribution >= 4 is 16.9 Å². The molecular weight excluding hydrogens is 396 g/mol. The molecule has 32 heavy (non-hydrogen) atoms. The van der Waals surface area contributed by atoms with Crippen LogP contribution in [-0.4, -0.2) is 44.7 Å². The van der Waals surface area contributed by atoms with Gasteiger partial charge in [0.15, 0.2) is 11.5 Å². The summed E-state index contributed by atoms with van der Waals surface area (Å²) in [5, 5.41) is 12.0. The molecule has 0 bridgehead atoms. The number of nitrogens with one attached hydrogen (secondary N) is 2. The fourth-order valence-corrected chi connectivity index (χ4v) is 4.59. The van der Waals surface area contributed by atoms with E-state index >= 15 is 0 Å². The molecule has 1 unspecified atom stereocenters. The molecule has 164 valence electrons. The van der Waals surface area contributed by atoms with Gasteiger partial charge in [0.1, 0.15) is 0 Å². The average molecular weight is 427 g/mol. The minimum absolute atomic E-state index is 0.472. The molecule has 0 aliphatic carbocycles. The Bertz CT molecular complexity index is 1170. The summed E-state index contributed by atoms with van der Waals surface area (Å²) in [5.41, 5.74) is 5.45. The van der Waals surface area contributed by atoms with Gasteiger partial charge in [-0.1, -0.05) is 36.4 Å². The summed E-state index contributed by atoms with van der Waals surface area (Å²) in [7, 11) is 0. The van der Waals surface area contributed by atoms with E-state index in [1.807, 2.05) is 25.1 Å². The molecule has 3 aromatic heterocycles. The van der Waals surface area contributed by atoms with Crippen molar-refractivity contribution in [3.05, 3.63) is 83.3 Å². The molecule has 1 aromatic carbocycles. The van der Waals surface area contributed by atoms with Crippen LogP contribution in [0.15, 0.2) is 60.7 Å². The Balaban J connectivity index is 1.23. The van der Waals surface area contributed by atoms with Gasteiger partial charge >= 0.3 is 0 Å². The molecule has 6 heteroatoms. The first-order chi connectivity index (χ1) is 15.7. The zero-order chi connectivity index (χ0) is 21.8. The third kappa shape index (κ3) is 4.81. The highest BCUT2D eigenvalue weighted by Crippen LogP contribution is 2.28. The number of H-pyrrole nitrogens is 1. The summed E-state index contributed by atoms with van der Waals surface area (Å²) in [5.74, 6) is 1.30. The summed E-state index contributed by atoms with van der Waals surface area (Å²) in [4.78, 5) is 12.1. The van der Waals surface area contributed by atoms with E-state index in [0.29, 0.717) is 12.5 Å². The van der Waals surface area contributed by atoms with Crippen molar-refractivity contribution in [1.29, 1.82) is 0 Å². The Kier molecular flexibility index (Phi) is 6.12. The largest absolute Gasteiger partial charge is 0.362 e. The molecule has 0 amide bonds. The molecule has 0 spiro atoms. The Labute approximate surface area is 189 Å². The van der Waals surface area contributed by atoms with Crippen molar-refractivity contribution < 1.29 is 0 Å². The van der Waals surface area contributed by atoms with Gasteiger partial charge in [-0.25, -0.2) is 4.98 Å². The average Bonchev–Trinajstić information content (AvgIpc) is 3.25. The number of aromatic nitrogens is 4. The molecule has 2 N–H and O–H groups in total. The smallest absolute Gasteiger partial charge is 0.157 e. The molecule has 5 rings (SSSR count). The van der Waals surface area contributed by atoms with Gasteiger partial charge in [0.2, 0.25) is 0 Å². The lowest BCUT2D eigenvalue weighted by Crippen LogP contribution is -2.36. The summed E-state index contributed by atoms with van der Waals surface area (Å²) in [6.07, 6.45) is 3.52. The van der Waals surface area contributed by atoms with Gasteiger partial charge in [0.05, 0.1) is 17.6 Å². The van der Waals surface area contributed by atoms with Gasteiger partial charge < -0.3 is 10.2 Å². The van der Waals surface area contributed by atoms with Crippen LogP contribution < -0.4 is 5.32 Å². The summed E-state index contributed by atoms with van der Waals surface area (Å²) in [6, 6.07) is 21.2. The van der Waals surface area contributed by atoms with Crippen molar-refractivity contribution in [2.75, 3.05) is 25.0 Å². The standard InChI is InChI=1S/C26H30N6/c1-19-7-5-11-22(28-19)17-27-25-23-12-13-24(29-26(23)31-30-25)21-10-6-15-32(18-21)16-14-20-8-3-2-4-9-20/h2-5,7-9,11-13,21H,6,10,14-18H2,1H3,(H2,27,29,30,31). The van der Waals surface area contributed by atoms with Crippen LogP contribution in [-0.2, 0) is 13.0 Å². The van der Waals surface area contributed by atoms with Crippen LogP contribution in [0.4, 0.5) is 5.82 Å². The van der Waals surface area contributed by atoms with Crippen LogP contribution in [0.2, 0.25) is 0 Å². The van der Waals surface area contributed by atoms with Crippen LogP contribution in [0.3, 0.4) is 0 Å². The summed E-state index contributed by atoms with van der Waals surface area (Å²) >= 11 is 0. The third-order valence-electron chi connectivity index (χ3n) is 6.31. The molecule has 4 heterocycles. The lowest BCUT2D eigenvalue weighted by molar-refractivity contribution is 0.208. The second-order valence-corrected chi connectivity index (χ2v) is 8.70. The number of hydrogen-bond acceptors (Lipinski definition) is 5. The molecule has 0 saturated carbocycles. The highest BCUT2D eigenvalue weighted by Gasteiger charge is 2.23. The highest BCUT2D eigenvalue weighted by molar-refractivity contribution is 5.87. The maximum atomic E-state index is 4.94. The van der Waals surface area contributed by atoms with Crippen molar-refractivity contribution in [1.82, 2.24) is 25.1 Å². The van der Waals surface area contributed by atoms with Crippen LogP contribution >= 0.6 is 0 Å². The van der Waals surface area contributed by atoms with E-state index in [9.17, 15) is 0 Å². The quantitative estimate of drug-likeness (QED) is 0.448. The topological polar surface area (TPSA) is 69.7 Å². The number of hydrogen-bond donors (Lipinski definition) is 2. The van der Waals surface area contributed by atoms with Crippen molar-refractivity contribution in [3.8, 4) is 0 Å². The van der Waals surface area contributed by atoms with E-state index in [1.165, 1.54) is 24.9 Å². The number of aromatic amines is 1. The molecule has 1 aliphatic rings. The summed E-state index contributed by atoms with van der Waals surface area (Å²) < 4.78 is 0. The highest BCUT2D eigenvalue weighted by atomic mass is 15.2. The number of nitrogens with zero attached hydrogens (tertiary/aromatic N) is 4. The van der Waals surface area contributed by atoms with Crippen molar-refractivity contribution in [3.63, 3.8) is 0 Å². The predicted molar refractivity (Wildman–Crippen MR) is 129 cm³/mol. The Morgan fingerprint density at radius 2 is 1.94 bits per heavy atom. The van der Waals surface area contributed by atoms with Gasteiger partial charge in [0.25, 0.3) is 0 Å². The molecule has 6 nitrogen and oxygen atoms in total. The van der Waals surface area contributed by atoms with E-state index in [2.05, 4.69) is 67.9 Å². The minimum Gasteiger partial charge on any atom is -0.362 e. The fraction of sp³-hybridized carbons (Fsp3) is 0.346. The van der Waals surface area contributed by atoms with E-state index in [0.717, 1.165) is 53.4 Å². The van der Waals surface area contributed by atoms with Crippen LogP contribution in [0.1, 0.15) is 41.4 Å². The number of fused-ring (bicyclic) bond motifs is 1. The molecule has 1 atom stereocenters. The molecular formula is C26H30N6. The first kappa shape index (κ1) is 20.6. The zero-order valence-corrected chi connectivity index (χ0v) is 18.6. The second-order valence-electron chi connectivity index (χ2n) is 8.70. The van der Waals surface area contributed by atoms with Crippen molar-refractivity contribution in [2.45, 2.75) is 38.6 Å². The number of likely N-dealkylation sites (tertiary alicyclic amines) is 1. The zero-order valence-electron chi connectivity index (χ0n) is 18.6. The van der Waals surface area contributed by atoms with E-state index in [-0.39, 0.29) is 0 Å². The number of aryl methyl sites for hydroxylation is 1. The number of rotatable bonds is 7. The SMILES string of the molecule is Cc1cccc(CNc2n[nH]c3nc(C4CCCN(CCc5ccccc5)C4)ccc23)n1. The second kappa shape index (κ2) is 9.49. The monoisotopic (exact) mass is 426 g/mol. The van der Waals surface area contributed by atoms with Crippen LogP contribution in [0, 0.1) is 6.92 Å². The van der Waals surface area contributed by atoms with Crippen molar-refractivity contribution in [2.24, 2.45) is 0 Å². The first-order valence-corrected chi connectivity index (χ1v) is 11.5. The lowest BCUT2D eigenvalue weighted by Gasteiger charge is -2.32.